The highest BCUT2D eigenvalue weighted by molar-refractivity contribution is 9.10. The van der Waals surface area contributed by atoms with Crippen LogP contribution in [0.4, 0.5) is 17.5 Å². The molecule has 0 spiro atoms. The molecule has 1 aromatic heterocycles. The maximum atomic E-state index is 4.49. The van der Waals surface area contributed by atoms with E-state index < -0.39 is 0 Å². The molecule has 6 heteroatoms. The van der Waals surface area contributed by atoms with Gasteiger partial charge in [0.1, 0.15) is 0 Å². The van der Waals surface area contributed by atoms with Gasteiger partial charge in [0.05, 0.1) is 11.9 Å². The van der Waals surface area contributed by atoms with Gasteiger partial charge in [-0.2, -0.15) is 10.1 Å². The Bertz CT molecular complexity index is 584. The molecule has 20 heavy (non-hydrogen) atoms. The molecule has 1 heterocycles. The molecule has 0 radical (unpaired) electrons. The minimum atomic E-state index is 0.642. The van der Waals surface area contributed by atoms with E-state index in [1.165, 1.54) is 5.56 Å². The Balaban J connectivity index is 2.23. The molecule has 106 valence electrons. The number of nitrogens with one attached hydrogen (secondary N) is 1. The van der Waals surface area contributed by atoms with Crippen molar-refractivity contribution in [2.24, 2.45) is 0 Å². The van der Waals surface area contributed by atoms with E-state index in [0.717, 1.165) is 23.2 Å². The molecular formula is C14H18BrN5. The highest BCUT2D eigenvalue weighted by Gasteiger charge is 2.08. The molecule has 0 aliphatic heterocycles. The SMILES string of the molecule is CCN(CC)c1nncc(Nc2ccc(C)cc2Br)n1. The van der Waals surface area contributed by atoms with Crippen molar-refractivity contribution in [1.82, 2.24) is 15.2 Å². The third-order valence-electron chi connectivity index (χ3n) is 2.98. The van der Waals surface area contributed by atoms with Crippen molar-refractivity contribution in [1.29, 1.82) is 0 Å². The van der Waals surface area contributed by atoms with E-state index in [9.17, 15) is 0 Å². The molecule has 0 saturated heterocycles. The first-order valence-corrected chi connectivity index (χ1v) is 7.41. The lowest BCUT2D eigenvalue weighted by molar-refractivity contribution is 0.796. The molecule has 0 aliphatic rings. The zero-order valence-corrected chi connectivity index (χ0v) is 13.5. The summed E-state index contributed by atoms with van der Waals surface area (Å²) in [6.45, 7) is 7.91. The lowest BCUT2D eigenvalue weighted by Gasteiger charge is -2.18. The molecule has 0 bridgehead atoms. The summed E-state index contributed by atoms with van der Waals surface area (Å²) < 4.78 is 1.00. The van der Waals surface area contributed by atoms with Crippen LogP contribution in [0.1, 0.15) is 19.4 Å². The minimum absolute atomic E-state index is 0.642. The standard InChI is InChI=1S/C14H18BrN5/c1-4-20(5-2)14-18-13(9-16-19-14)17-12-7-6-10(3)8-11(12)15/h6-9H,4-5H2,1-3H3,(H,17,18,19). The van der Waals surface area contributed by atoms with Gasteiger partial charge >= 0.3 is 0 Å². The summed E-state index contributed by atoms with van der Waals surface area (Å²) in [5, 5.41) is 11.3. The number of nitrogens with zero attached hydrogens (tertiary/aromatic N) is 4. The van der Waals surface area contributed by atoms with Gasteiger partial charge in [-0.25, -0.2) is 0 Å². The normalized spacial score (nSPS) is 10.4. The Morgan fingerprint density at radius 1 is 1.25 bits per heavy atom. The maximum absolute atomic E-state index is 4.49. The van der Waals surface area contributed by atoms with Gasteiger partial charge < -0.3 is 10.2 Å². The summed E-state index contributed by atoms with van der Waals surface area (Å²) >= 11 is 3.54. The summed E-state index contributed by atoms with van der Waals surface area (Å²) in [6.07, 6.45) is 1.62. The Morgan fingerprint density at radius 2 is 2.00 bits per heavy atom. The second-order valence-corrected chi connectivity index (χ2v) is 5.28. The first-order chi connectivity index (χ1) is 9.63. The van der Waals surface area contributed by atoms with E-state index in [0.29, 0.717) is 11.8 Å². The van der Waals surface area contributed by atoms with Crippen molar-refractivity contribution in [3.63, 3.8) is 0 Å². The molecule has 0 saturated carbocycles. The van der Waals surface area contributed by atoms with E-state index in [1.807, 2.05) is 12.1 Å². The average molecular weight is 336 g/mol. The van der Waals surface area contributed by atoms with Gasteiger partial charge in [0, 0.05) is 17.6 Å². The third-order valence-corrected chi connectivity index (χ3v) is 3.64. The van der Waals surface area contributed by atoms with Gasteiger partial charge in [-0.15, -0.1) is 5.10 Å². The second-order valence-electron chi connectivity index (χ2n) is 4.42. The molecule has 0 unspecified atom stereocenters. The molecule has 2 rings (SSSR count). The third kappa shape index (κ3) is 3.45. The number of halogens is 1. The van der Waals surface area contributed by atoms with E-state index in [1.54, 1.807) is 6.20 Å². The summed E-state index contributed by atoms with van der Waals surface area (Å²) in [7, 11) is 0. The topological polar surface area (TPSA) is 53.9 Å². The van der Waals surface area contributed by atoms with E-state index >= 15 is 0 Å². The van der Waals surface area contributed by atoms with Crippen molar-refractivity contribution in [2.75, 3.05) is 23.3 Å². The first kappa shape index (κ1) is 14.7. The van der Waals surface area contributed by atoms with Gasteiger partial charge in [0.15, 0.2) is 5.82 Å². The zero-order valence-electron chi connectivity index (χ0n) is 11.9. The second kappa shape index (κ2) is 6.65. The highest BCUT2D eigenvalue weighted by atomic mass is 79.9. The van der Waals surface area contributed by atoms with Crippen molar-refractivity contribution >= 4 is 33.4 Å². The molecule has 1 N–H and O–H groups in total. The smallest absolute Gasteiger partial charge is 0.247 e. The molecule has 5 nitrogen and oxygen atoms in total. The number of hydrogen-bond acceptors (Lipinski definition) is 5. The molecule has 0 atom stereocenters. The van der Waals surface area contributed by atoms with Crippen LogP contribution in [0.5, 0.6) is 0 Å². The van der Waals surface area contributed by atoms with Crippen molar-refractivity contribution in [3.05, 3.63) is 34.4 Å². The lowest BCUT2D eigenvalue weighted by atomic mass is 10.2. The van der Waals surface area contributed by atoms with Crippen LogP contribution >= 0.6 is 15.9 Å². The van der Waals surface area contributed by atoms with Gasteiger partial charge in [0.25, 0.3) is 0 Å². The number of aromatic nitrogens is 3. The number of rotatable bonds is 5. The Kier molecular flexibility index (Phi) is 4.89. The van der Waals surface area contributed by atoms with Crippen molar-refractivity contribution < 1.29 is 0 Å². The maximum Gasteiger partial charge on any atom is 0.247 e. The van der Waals surface area contributed by atoms with Crippen LogP contribution in [0.2, 0.25) is 0 Å². The molecular weight excluding hydrogens is 318 g/mol. The molecule has 0 aliphatic carbocycles. The summed E-state index contributed by atoms with van der Waals surface area (Å²) in [5.74, 6) is 1.33. The molecule has 2 aromatic rings. The van der Waals surface area contributed by atoms with E-state index in [2.05, 4.69) is 68.2 Å². The van der Waals surface area contributed by atoms with Crippen LogP contribution < -0.4 is 10.2 Å². The van der Waals surface area contributed by atoms with Crippen LogP contribution in [0, 0.1) is 6.92 Å². The Labute approximate surface area is 127 Å². The predicted molar refractivity (Wildman–Crippen MR) is 85.5 cm³/mol. The fraction of sp³-hybridized carbons (Fsp3) is 0.357. The first-order valence-electron chi connectivity index (χ1n) is 6.61. The van der Waals surface area contributed by atoms with Gasteiger partial charge in [-0.3, -0.25) is 0 Å². The lowest BCUT2D eigenvalue weighted by Crippen LogP contribution is -2.24. The van der Waals surface area contributed by atoms with Crippen LogP contribution in [-0.2, 0) is 0 Å². The fourth-order valence-corrected chi connectivity index (χ4v) is 2.45. The van der Waals surface area contributed by atoms with Crippen molar-refractivity contribution in [3.8, 4) is 0 Å². The van der Waals surface area contributed by atoms with Crippen LogP contribution in [-0.4, -0.2) is 28.3 Å². The largest absolute Gasteiger partial charge is 0.340 e. The molecule has 0 amide bonds. The predicted octanol–water partition coefficient (Wildman–Crippen LogP) is 3.53. The fourth-order valence-electron chi connectivity index (χ4n) is 1.85. The Morgan fingerprint density at radius 3 is 2.65 bits per heavy atom. The monoisotopic (exact) mass is 335 g/mol. The number of anilines is 3. The number of aryl methyl sites for hydroxylation is 1. The summed E-state index contributed by atoms with van der Waals surface area (Å²) in [6, 6.07) is 6.12. The number of benzene rings is 1. The highest BCUT2D eigenvalue weighted by Crippen LogP contribution is 2.26. The van der Waals surface area contributed by atoms with Crippen LogP contribution in [0.25, 0.3) is 0 Å². The van der Waals surface area contributed by atoms with Gasteiger partial charge in [-0.1, -0.05) is 6.07 Å². The molecule has 1 aromatic carbocycles. The van der Waals surface area contributed by atoms with Crippen LogP contribution in [0.3, 0.4) is 0 Å². The molecule has 0 fully saturated rings. The van der Waals surface area contributed by atoms with Crippen molar-refractivity contribution in [2.45, 2.75) is 20.8 Å². The quantitative estimate of drug-likeness (QED) is 0.905. The zero-order chi connectivity index (χ0) is 14.5. The van der Waals surface area contributed by atoms with E-state index in [-0.39, 0.29) is 0 Å². The van der Waals surface area contributed by atoms with E-state index in [4.69, 9.17) is 0 Å². The van der Waals surface area contributed by atoms with Gasteiger partial charge in [-0.05, 0) is 54.4 Å². The number of hydrogen-bond donors (Lipinski definition) is 1. The van der Waals surface area contributed by atoms with Crippen LogP contribution in [0.15, 0.2) is 28.9 Å². The summed E-state index contributed by atoms with van der Waals surface area (Å²) in [4.78, 5) is 6.55. The summed E-state index contributed by atoms with van der Waals surface area (Å²) in [5.41, 5.74) is 2.16. The average Bonchev–Trinajstić information content (AvgIpc) is 2.44. The Hall–Kier alpha value is -1.69. The van der Waals surface area contributed by atoms with Gasteiger partial charge in [0.2, 0.25) is 5.95 Å². The minimum Gasteiger partial charge on any atom is -0.340 e.